The molecular formula is C20H25BrN2O4S. The Morgan fingerprint density at radius 1 is 1.00 bits per heavy atom. The van der Waals surface area contributed by atoms with Crippen molar-refractivity contribution in [1.29, 1.82) is 0 Å². The Kier molecular flexibility index (Phi) is 6.52. The van der Waals surface area contributed by atoms with Gasteiger partial charge in [-0.05, 0) is 85.3 Å². The molecule has 0 amide bonds. The van der Waals surface area contributed by atoms with Gasteiger partial charge in [0.25, 0.3) is 0 Å². The quantitative estimate of drug-likeness (QED) is 0.694. The number of nitrogens with one attached hydrogen (secondary N) is 1. The number of methoxy groups -OCH3 is 2. The standard InChI is InChI=1S/C20H25BrN2O4S/c1-23-10-8-14(9-11-23)22-18-13-16(5-7-20(18)27-3)28(24,25)15-4-6-19(26-2)17(21)12-15/h4-7,12-14,22H,8-11H2,1-3H3. The Balaban J connectivity index is 1.92. The van der Waals surface area contributed by atoms with Crippen LogP contribution in [0.5, 0.6) is 11.5 Å². The molecule has 1 N–H and O–H groups in total. The fourth-order valence-electron chi connectivity index (χ4n) is 3.29. The molecule has 1 heterocycles. The Bertz CT molecular complexity index is 941. The summed E-state index contributed by atoms with van der Waals surface area (Å²) in [7, 11) is 1.56. The van der Waals surface area contributed by atoms with Crippen LogP contribution in [-0.2, 0) is 9.84 Å². The van der Waals surface area contributed by atoms with Gasteiger partial charge in [0.1, 0.15) is 11.5 Å². The van der Waals surface area contributed by atoms with Crippen molar-refractivity contribution in [2.45, 2.75) is 28.7 Å². The Hall–Kier alpha value is -1.77. The number of piperidine rings is 1. The van der Waals surface area contributed by atoms with Gasteiger partial charge in [0.15, 0.2) is 0 Å². The average Bonchev–Trinajstić information content (AvgIpc) is 2.69. The number of nitrogens with zero attached hydrogens (tertiary/aromatic N) is 1. The van der Waals surface area contributed by atoms with Crippen LogP contribution in [-0.4, -0.2) is 53.7 Å². The molecule has 3 rings (SSSR count). The maximum atomic E-state index is 13.1. The van der Waals surface area contributed by atoms with Crippen molar-refractivity contribution in [2.24, 2.45) is 0 Å². The first-order valence-electron chi connectivity index (χ1n) is 9.07. The number of hydrogen-bond donors (Lipinski definition) is 1. The lowest BCUT2D eigenvalue weighted by Gasteiger charge is -2.30. The molecule has 6 nitrogen and oxygen atoms in total. The van der Waals surface area contributed by atoms with Crippen molar-refractivity contribution < 1.29 is 17.9 Å². The van der Waals surface area contributed by atoms with Gasteiger partial charge in [0.2, 0.25) is 9.84 Å². The van der Waals surface area contributed by atoms with Crippen LogP contribution in [0.2, 0.25) is 0 Å². The highest BCUT2D eigenvalue weighted by atomic mass is 79.9. The molecule has 0 radical (unpaired) electrons. The molecule has 0 spiro atoms. The van der Waals surface area contributed by atoms with Crippen molar-refractivity contribution in [3.05, 3.63) is 40.9 Å². The molecule has 0 atom stereocenters. The number of benzene rings is 2. The molecule has 1 saturated heterocycles. The summed E-state index contributed by atoms with van der Waals surface area (Å²) in [5.41, 5.74) is 0.700. The third-order valence-electron chi connectivity index (χ3n) is 4.99. The van der Waals surface area contributed by atoms with E-state index in [1.807, 2.05) is 0 Å². The monoisotopic (exact) mass is 468 g/mol. The fourth-order valence-corrected chi connectivity index (χ4v) is 5.29. The third kappa shape index (κ3) is 4.45. The van der Waals surface area contributed by atoms with Gasteiger partial charge >= 0.3 is 0 Å². The topological polar surface area (TPSA) is 67.9 Å². The Labute approximate surface area is 174 Å². The molecule has 0 aromatic heterocycles. The molecule has 152 valence electrons. The summed E-state index contributed by atoms with van der Waals surface area (Å²) in [4.78, 5) is 2.72. The number of anilines is 1. The molecule has 28 heavy (non-hydrogen) atoms. The van der Waals surface area contributed by atoms with Gasteiger partial charge in [-0.15, -0.1) is 0 Å². The summed E-state index contributed by atoms with van der Waals surface area (Å²) in [6.07, 6.45) is 2.00. The van der Waals surface area contributed by atoms with E-state index >= 15 is 0 Å². The van der Waals surface area contributed by atoms with E-state index < -0.39 is 9.84 Å². The first kappa shape index (κ1) is 21.0. The molecule has 0 saturated carbocycles. The van der Waals surface area contributed by atoms with E-state index in [9.17, 15) is 8.42 Å². The SMILES string of the molecule is COc1ccc(S(=O)(=O)c2ccc(OC)c(NC3CCN(C)CC3)c2)cc1Br. The van der Waals surface area contributed by atoms with Crippen LogP contribution < -0.4 is 14.8 Å². The number of sulfone groups is 1. The summed E-state index contributed by atoms with van der Waals surface area (Å²) in [6, 6.07) is 9.96. The minimum absolute atomic E-state index is 0.204. The van der Waals surface area contributed by atoms with Crippen molar-refractivity contribution in [2.75, 3.05) is 39.7 Å². The van der Waals surface area contributed by atoms with Gasteiger partial charge in [-0.25, -0.2) is 8.42 Å². The Morgan fingerprint density at radius 3 is 2.14 bits per heavy atom. The molecule has 0 bridgehead atoms. The number of rotatable bonds is 6. The number of hydrogen-bond acceptors (Lipinski definition) is 6. The first-order chi connectivity index (χ1) is 13.3. The lowest BCUT2D eigenvalue weighted by atomic mass is 10.1. The summed E-state index contributed by atoms with van der Waals surface area (Å²) >= 11 is 3.35. The van der Waals surface area contributed by atoms with Crippen LogP contribution in [0.1, 0.15) is 12.8 Å². The molecule has 2 aromatic carbocycles. The summed E-state index contributed by atoms with van der Waals surface area (Å²) < 4.78 is 37.5. The molecular weight excluding hydrogens is 444 g/mol. The lowest BCUT2D eigenvalue weighted by Crippen LogP contribution is -2.36. The van der Waals surface area contributed by atoms with Crippen molar-refractivity contribution in [3.63, 3.8) is 0 Å². The highest BCUT2D eigenvalue weighted by molar-refractivity contribution is 9.10. The van der Waals surface area contributed by atoms with Crippen LogP contribution >= 0.6 is 15.9 Å². The Morgan fingerprint density at radius 2 is 1.57 bits per heavy atom. The van der Waals surface area contributed by atoms with Gasteiger partial charge in [-0.1, -0.05) is 0 Å². The number of halogens is 1. The summed E-state index contributed by atoms with van der Waals surface area (Å²) in [6.45, 7) is 2.02. The molecule has 0 aliphatic carbocycles. The summed E-state index contributed by atoms with van der Waals surface area (Å²) in [5, 5.41) is 3.47. The lowest BCUT2D eigenvalue weighted by molar-refractivity contribution is 0.263. The second kappa shape index (κ2) is 8.71. The largest absolute Gasteiger partial charge is 0.496 e. The van der Waals surface area contributed by atoms with Crippen LogP contribution in [0.4, 0.5) is 5.69 Å². The van der Waals surface area contributed by atoms with Gasteiger partial charge in [-0.2, -0.15) is 0 Å². The third-order valence-corrected chi connectivity index (χ3v) is 7.36. The molecule has 1 aliphatic rings. The number of ether oxygens (including phenoxy) is 2. The van der Waals surface area contributed by atoms with Gasteiger partial charge in [0, 0.05) is 6.04 Å². The van der Waals surface area contributed by atoms with Crippen molar-refractivity contribution >= 4 is 31.5 Å². The highest BCUT2D eigenvalue weighted by Gasteiger charge is 2.23. The van der Waals surface area contributed by atoms with Crippen LogP contribution in [0.15, 0.2) is 50.7 Å². The second-order valence-electron chi connectivity index (χ2n) is 6.88. The fraction of sp³-hybridized carbons (Fsp3) is 0.400. The molecule has 1 aliphatic heterocycles. The van der Waals surface area contributed by atoms with Crippen molar-refractivity contribution in [1.82, 2.24) is 4.90 Å². The van der Waals surface area contributed by atoms with E-state index in [-0.39, 0.29) is 15.8 Å². The average molecular weight is 469 g/mol. The zero-order chi connectivity index (χ0) is 20.3. The molecule has 2 aromatic rings. The predicted molar refractivity (Wildman–Crippen MR) is 113 cm³/mol. The van der Waals surface area contributed by atoms with E-state index in [1.54, 1.807) is 50.6 Å². The summed E-state index contributed by atoms with van der Waals surface area (Å²) in [5.74, 6) is 1.21. The van der Waals surface area contributed by atoms with Gasteiger partial charge in [-0.3, -0.25) is 0 Å². The molecule has 8 heteroatoms. The van der Waals surface area contributed by atoms with E-state index in [0.29, 0.717) is 21.7 Å². The van der Waals surface area contributed by atoms with E-state index in [4.69, 9.17) is 9.47 Å². The predicted octanol–water partition coefficient (Wildman–Crippen LogP) is 3.81. The van der Waals surface area contributed by atoms with E-state index in [2.05, 4.69) is 33.2 Å². The highest BCUT2D eigenvalue weighted by Crippen LogP contribution is 2.34. The van der Waals surface area contributed by atoms with Gasteiger partial charge < -0.3 is 19.7 Å². The van der Waals surface area contributed by atoms with Crippen LogP contribution in [0.25, 0.3) is 0 Å². The zero-order valence-electron chi connectivity index (χ0n) is 16.2. The molecule has 1 fully saturated rings. The number of likely N-dealkylation sites (tertiary alicyclic amines) is 1. The second-order valence-corrected chi connectivity index (χ2v) is 9.69. The zero-order valence-corrected chi connectivity index (χ0v) is 18.6. The van der Waals surface area contributed by atoms with Gasteiger partial charge in [0.05, 0.1) is 34.2 Å². The normalized spacial score (nSPS) is 16.0. The van der Waals surface area contributed by atoms with E-state index in [0.717, 1.165) is 25.9 Å². The minimum Gasteiger partial charge on any atom is -0.496 e. The van der Waals surface area contributed by atoms with Crippen LogP contribution in [0, 0.1) is 0 Å². The van der Waals surface area contributed by atoms with E-state index in [1.165, 1.54) is 0 Å². The smallest absolute Gasteiger partial charge is 0.206 e. The maximum absolute atomic E-state index is 13.1. The maximum Gasteiger partial charge on any atom is 0.206 e. The minimum atomic E-state index is -3.67. The van der Waals surface area contributed by atoms with Crippen LogP contribution in [0.3, 0.4) is 0 Å². The molecule has 0 unspecified atom stereocenters. The first-order valence-corrected chi connectivity index (χ1v) is 11.3. The van der Waals surface area contributed by atoms with Crippen molar-refractivity contribution in [3.8, 4) is 11.5 Å².